The molecular formula is C11H11F2N3. The summed E-state index contributed by atoms with van der Waals surface area (Å²) in [5.41, 5.74) is 6.99. The van der Waals surface area contributed by atoms with Gasteiger partial charge in [-0.05, 0) is 24.6 Å². The smallest absolute Gasteiger partial charge is 0.133 e. The highest BCUT2D eigenvalue weighted by molar-refractivity contribution is 5.63. The highest BCUT2D eigenvalue weighted by Gasteiger charge is 2.13. The summed E-state index contributed by atoms with van der Waals surface area (Å²) in [7, 11) is 0. The van der Waals surface area contributed by atoms with E-state index >= 15 is 0 Å². The number of rotatable bonds is 2. The third kappa shape index (κ3) is 1.69. The molecule has 2 rings (SSSR count). The minimum atomic E-state index is -0.488. The summed E-state index contributed by atoms with van der Waals surface area (Å²) >= 11 is 0. The zero-order chi connectivity index (χ0) is 11.7. The van der Waals surface area contributed by atoms with Gasteiger partial charge < -0.3 is 5.73 Å². The molecule has 16 heavy (non-hydrogen) atoms. The molecular weight excluding hydrogens is 212 g/mol. The molecule has 84 valence electrons. The number of hydrogen-bond acceptors (Lipinski definition) is 2. The molecule has 1 heterocycles. The van der Waals surface area contributed by atoms with Crippen LogP contribution in [-0.4, -0.2) is 10.2 Å². The Morgan fingerprint density at radius 3 is 2.75 bits per heavy atom. The lowest BCUT2D eigenvalue weighted by atomic mass is 10.1. The van der Waals surface area contributed by atoms with E-state index in [2.05, 4.69) is 10.2 Å². The van der Waals surface area contributed by atoms with E-state index in [0.29, 0.717) is 11.3 Å². The quantitative estimate of drug-likeness (QED) is 0.819. The molecule has 3 N–H and O–H groups in total. The van der Waals surface area contributed by atoms with Crippen molar-refractivity contribution in [3.8, 4) is 11.3 Å². The lowest BCUT2D eigenvalue weighted by Gasteiger charge is -2.05. The largest absolute Gasteiger partial charge is 0.326 e. The summed E-state index contributed by atoms with van der Waals surface area (Å²) in [6.45, 7) is 1.74. The predicted octanol–water partition coefficient (Wildman–Crippen LogP) is 2.12. The fourth-order valence-electron chi connectivity index (χ4n) is 1.54. The van der Waals surface area contributed by atoms with Crippen molar-refractivity contribution in [1.82, 2.24) is 10.2 Å². The van der Waals surface area contributed by atoms with Crippen LogP contribution in [0, 0.1) is 18.6 Å². The van der Waals surface area contributed by atoms with Gasteiger partial charge in [-0.1, -0.05) is 0 Å². The molecule has 0 aliphatic carbocycles. The molecule has 0 spiro atoms. The first-order chi connectivity index (χ1) is 7.63. The summed E-state index contributed by atoms with van der Waals surface area (Å²) in [6, 6.07) is 2.31. The normalized spacial score (nSPS) is 10.8. The molecule has 1 aromatic carbocycles. The third-order valence-electron chi connectivity index (χ3n) is 2.46. The van der Waals surface area contributed by atoms with Gasteiger partial charge in [-0.15, -0.1) is 0 Å². The van der Waals surface area contributed by atoms with Crippen molar-refractivity contribution >= 4 is 0 Å². The number of benzene rings is 1. The molecule has 0 saturated heterocycles. The fraction of sp³-hybridized carbons (Fsp3) is 0.182. The van der Waals surface area contributed by atoms with Crippen LogP contribution in [0.25, 0.3) is 11.3 Å². The number of aromatic amines is 1. The van der Waals surface area contributed by atoms with Crippen LogP contribution >= 0.6 is 0 Å². The highest BCUT2D eigenvalue weighted by atomic mass is 19.1. The average Bonchev–Trinajstić information content (AvgIpc) is 2.71. The third-order valence-corrected chi connectivity index (χ3v) is 2.46. The second-order valence-electron chi connectivity index (χ2n) is 3.56. The van der Waals surface area contributed by atoms with Crippen molar-refractivity contribution < 1.29 is 8.78 Å². The highest BCUT2D eigenvalue weighted by Crippen LogP contribution is 2.26. The number of aryl methyl sites for hydroxylation is 1. The Hall–Kier alpha value is -1.75. The Kier molecular flexibility index (Phi) is 2.70. The zero-order valence-corrected chi connectivity index (χ0v) is 8.72. The van der Waals surface area contributed by atoms with Gasteiger partial charge in [-0.3, -0.25) is 5.10 Å². The molecule has 0 saturated carbocycles. The topological polar surface area (TPSA) is 54.7 Å². The number of nitrogens with one attached hydrogen (secondary N) is 1. The fourth-order valence-corrected chi connectivity index (χ4v) is 1.54. The number of hydrogen-bond donors (Lipinski definition) is 2. The SMILES string of the molecule is Cc1cc(F)c(-c2[nH]ncc2CN)cc1F. The van der Waals surface area contributed by atoms with Crippen LogP contribution in [0.4, 0.5) is 8.78 Å². The van der Waals surface area contributed by atoms with Gasteiger partial charge in [0.2, 0.25) is 0 Å². The van der Waals surface area contributed by atoms with Crippen molar-refractivity contribution in [2.75, 3.05) is 0 Å². The van der Waals surface area contributed by atoms with Gasteiger partial charge in [0.15, 0.2) is 0 Å². The van der Waals surface area contributed by atoms with E-state index in [1.54, 1.807) is 0 Å². The van der Waals surface area contributed by atoms with Crippen LogP contribution in [0.1, 0.15) is 11.1 Å². The van der Waals surface area contributed by atoms with Gasteiger partial charge in [0.05, 0.1) is 11.9 Å². The second kappa shape index (κ2) is 4.02. The summed E-state index contributed by atoms with van der Waals surface area (Å²) in [4.78, 5) is 0. The molecule has 0 atom stereocenters. The summed E-state index contributed by atoms with van der Waals surface area (Å²) < 4.78 is 27.0. The molecule has 5 heteroatoms. The van der Waals surface area contributed by atoms with Crippen molar-refractivity contribution in [3.05, 3.63) is 41.1 Å². The number of aromatic nitrogens is 2. The van der Waals surface area contributed by atoms with E-state index in [4.69, 9.17) is 5.73 Å². The van der Waals surface area contributed by atoms with Gasteiger partial charge in [-0.2, -0.15) is 5.10 Å². The zero-order valence-electron chi connectivity index (χ0n) is 8.72. The first-order valence-electron chi connectivity index (χ1n) is 4.81. The second-order valence-corrected chi connectivity index (χ2v) is 3.56. The number of H-pyrrole nitrogens is 1. The van der Waals surface area contributed by atoms with Crippen molar-refractivity contribution in [3.63, 3.8) is 0 Å². The molecule has 0 amide bonds. The molecule has 0 aliphatic rings. The van der Waals surface area contributed by atoms with Crippen molar-refractivity contribution in [2.24, 2.45) is 5.73 Å². The van der Waals surface area contributed by atoms with Crippen LogP contribution in [0.2, 0.25) is 0 Å². The van der Waals surface area contributed by atoms with Crippen molar-refractivity contribution in [1.29, 1.82) is 0 Å². The Morgan fingerprint density at radius 2 is 2.06 bits per heavy atom. The van der Waals surface area contributed by atoms with E-state index in [0.717, 1.165) is 12.1 Å². The van der Waals surface area contributed by atoms with Gasteiger partial charge in [0.25, 0.3) is 0 Å². The minimum Gasteiger partial charge on any atom is -0.326 e. The molecule has 0 aliphatic heterocycles. The maximum atomic E-state index is 13.7. The predicted molar refractivity (Wildman–Crippen MR) is 56.6 cm³/mol. The van der Waals surface area contributed by atoms with Crippen LogP contribution in [-0.2, 0) is 6.54 Å². The summed E-state index contributed by atoms with van der Waals surface area (Å²) in [6.07, 6.45) is 1.51. The van der Waals surface area contributed by atoms with Crippen LogP contribution in [0.15, 0.2) is 18.3 Å². The number of nitrogens with zero attached hydrogens (tertiary/aromatic N) is 1. The van der Waals surface area contributed by atoms with E-state index in [1.807, 2.05) is 0 Å². The Bertz CT molecular complexity index is 520. The lowest BCUT2D eigenvalue weighted by molar-refractivity contribution is 0.594. The Morgan fingerprint density at radius 1 is 1.31 bits per heavy atom. The Labute approximate surface area is 91.3 Å². The van der Waals surface area contributed by atoms with Crippen LogP contribution < -0.4 is 5.73 Å². The molecule has 0 radical (unpaired) electrons. The van der Waals surface area contributed by atoms with E-state index in [9.17, 15) is 8.78 Å². The van der Waals surface area contributed by atoms with Gasteiger partial charge in [0, 0.05) is 17.7 Å². The molecule has 0 bridgehead atoms. The number of halogens is 2. The van der Waals surface area contributed by atoms with Gasteiger partial charge in [0.1, 0.15) is 11.6 Å². The standard InChI is InChI=1S/C11H11F2N3/c1-6-2-10(13)8(3-9(6)12)11-7(4-14)5-15-16-11/h2-3,5H,4,14H2,1H3,(H,15,16). The average molecular weight is 223 g/mol. The minimum absolute atomic E-state index is 0.154. The number of nitrogens with two attached hydrogens (primary N) is 1. The lowest BCUT2D eigenvalue weighted by Crippen LogP contribution is -1.98. The Balaban J connectivity index is 2.60. The molecule has 0 fully saturated rings. The van der Waals surface area contributed by atoms with Crippen molar-refractivity contribution in [2.45, 2.75) is 13.5 Å². The van der Waals surface area contributed by atoms with Gasteiger partial charge in [-0.25, -0.2) is 8.78 Å². The van der Waals surface area contributed by atoms with E-state index in [-0.39, 0.29) is 17.7 Å². The van der Waals surface area contributed by atoms with E-state index in [1.165, 1.54) is 13.1 Å². The maximum absolute atomic E-state index is 13.7. The monoisotopic (exact) mass is 223 g/mol. The van der Waals surface area contributed by atoms with Crippen LogP contribution in [0.3, 0.4) is 0 Å². The summed E-state index contributed by atoms with van der Waals surface area (Å²) in [5, 5.41) is 6.39. The first-order valence-corrected chi connectivity index (χ1v) is 4.81. The van der Waals surface area contributed by atoms with E-state index < -0.39 is 11.6 Å². The molecule has 2 aromatic rings. The maximum Gasteiger partial charge on any atom is 0.133 e. The molecule has 3 nitrogen and oxygen atoms in total. The molecule has 1 aromatic heterocycles. The molecule has 0 unspecified atom stereocenters. The summed E-state index contributed by atoms with van der Waals surface area (Å²) in [5.74, 6) is -0.938. The van der Waals surface area contributed by atoms with Gasteiger partial charge >= 0.3 is 0 Å². The first kappa shape index (κ1) is 10.8. The van der Waals surface area contributed by atoms with Crippen LogP contribution in [0.5, 0.6) is 0 Å².